The third kappa shape index (κ3) is 2.53. The number of aromatic nitrogens is 2. The molecule has 1 aromatic rings. The highest BCUT2D eigenvalue weighted by Gasteiger charge is 2.17. The van der Waals surface area contributed by atoms with Crippen molar-refractivity contribution in [3.8, 4) is 6.07 Å². The van der Waals surface area contributed by atoms with Gasteiger partial charge < -0.3 is 4.55 Å². The van der Waals surface area contributed by atoms with Crippen LogP contribution in [-0.4, -0.2) is 26.5 Å². The SMILES string of the molecule is CC[S+]([O-])c1nc(SC)c(C#N)c(=O)[nH]1. The van der Waals surface area contributed by atoms with E-state index in [1.807, 2.05) is 0 Å². The molecule has 1 rings (SSSR count). The van der Waals surface area contributed by atoms with Crippen LogP contribution in [0.3, 0.4) is 0 Å². The highest BCUT2D eigenvalue weighted by molar-refractivity contribution is 7.98. The smallest absolute Gasteiger partial charge is 0.324 e. The minimum Gasteiger partial charge on any atom is -0.609 e. The van der Waals surface area contributed by atoms with Crippen molar-refractivity contribution in [3.05, 3.63) is 15.9 Å². The first-order chi connectivity index (χ1) is 7.13. The van der Waals surface area contributed by atoms with Crippen LogP contribution < -0.4 is 5.56 Å². The van der Waals surface area contributed by atoms with E-state index >= 15 is 0 Å². The monoisotopic (exact) mass is 243 g/mol. The summed E-state index contributed by atoms with van der Waals surface area (Å²) in [4.78, 5) is 17.7. The van der Waals surface area contributed by atoms with E-state index in [9.17, 15) is 9.35 Å². The van der Waals surface area contributed by atoms with Crippen molar-refractivity contribution in [1.82, 2.24) is 9.97 Å². The third-order valence-electron chi connectivity index (χ3n) is 1.65. The number of nitrogens with one attached hydrogen (secondary N) is 1. The molecule has 0 saturated carbocycles. The summed E-state index contributed by atoms with van der Waals surface area (Å²) in [7, 11) is 0. The maximum Gasteiger partial charge on any atom is 0.324 e. The zero-order chi connectivity index (χ0) is 11.4. The quantitative estimate of drug-likeness (QED) is 0.361. The minimum atomic E-state index is -1.31. The molecule has 15 heavy (non-hydrogen) atoms. The second-order valence-electron chi connectivity index (χ2n) is 2.50. The fourth-order valence-corrected chi connectivity index (χ4v) is 2.18. The summed E-state index contributed by atoms with van der Waals surface area (Å²) < 4.78 is 11.4. The second kappa shape index (κ2) is 5.21. The molecule has 80 valence electrons. The molecule has 1 N–H and O–H groups in total. The molecular formula is C8H9N3O2S2. The van der Waals surface area contributed by atoms with Crippen molar-refractivity contribution in [3.63, 3.8) is 0 Å². The zero-order valence-electron chi connectivity index (χ0n) is 8.23. The summed E-state index contributed by atoms with van der Waals surface area (Å²) in [5, 5.41) is 9.17. The van der Waals surface area contributed by atoms with Crippen LogP contribution in [0.5, 0.6) is 0 Å². The van der Waals surface area contributed by atoms with Gasteiger partial charge in [-0.25, -0.2) is 0 Å². The maximum absolute atomic E-state index is 11.4. The molecule has 0 aliphatic heterocycles. The Morgan fingerprint density at radius 3 is 2.87 bits per heavy atom. The van der Waals surface area contributed by atoms with Crippen LogP contribution in [0.1, 0.15) is 12.5 Å². The van der Waals surface area contributed by atoms with Gasteiger partial charge in [0.1, 0.15) is 22.4 Å². The molecule has 1 heterocycles. The Kier molecular flexibility index (Phi) is 4.20. The van der Waals surface area contributed by atoms with E-state index in [1.165, 1.54) is 11.8 Å². The number of rotatable bonds is 3. The fourth-order valence-electron chi connectivity index (χ4n) is 0.924. The van der Waals surface area contributed by atoms with E-state index in [4.69, 9.17) is 5.26 Å². The molecule has 0 aliphatic rings. The topological polar surface area (TPSA) is 92.6 Å². The number of nitriles is 1. The number of hydrogen-bond donors (Lipinski definition) is 1. The van der Waals surface area contributed by atoms with Crippen LogP contribution in [0.25, 0.3) is 0 Å². The van der Waals surface area contributed by atoms with Crippen LogP contribution in [0, 0.1) is 11.3 Å². The van der Waals surface area contributed by atoms with Crippen molar-refractivity contribution < 1.29 is 4.55 Å². The Balaban J connectivity index is 3.34. The van der Waals surface area contributed by atoms with Crippen molar-refractivity contribution in [2.75, 3.05) is 12.0 Å². The lowest BCUT2D eigenvalue weighted by Crippen LogP contribution is -2.20. The number of thioether (sulfide) groups is 1. The summed E-state index contributed by atoms with van der Waals surface area (Å²) in [6.45, 7) is 1.73. The Hall–Kier alpha value is -0.970. The van der Waals surface area contributed by atoms with Gasteiger partial charge in [0.2, 0.25) is 0 Å². The predicted octanol–water partition coefficient (Wildman–Crippen LogP) is 0.491. The Labute approximate surface area is 94.1 Å². The van der Waals surface area contributed by atoms with E-state index in [-0.39, 0.29) is 10.7 Å². The van der Waals surface area contributed by atoms with Gasteiger partial charge in [-0.3, -0.25) is 9.78 Å². The summed E-state index contributed by atoms with van der Waals surface area (Å²) in [6.07, 6.45) is 1.71. The summed E-state index contributed by atoms with van der Waals surface area (Å²) in [5.41, 5.74) is -0.562. The molecular weight excluding hydrogens is 234 g/mol. The van der Waals surface area contributed by atoms with Crippen LogP contribution in [0.15, 0.2) is 15.0 Å². The summed E-state index contributed by atoms with van der Waals surface area (Å²) in [5.74, 6) is 0.378. The molecule has 0 saturated heterocycles. The summed E-state index contributed by atoms with van der Waals surface area (Å²) in [6, 6.07) is 1.77. The fraction of sp³-hybridized carbons (Fsp3) is 0.375. The lowest BCUT2D eigenvalue weighted by molar-refractivity contribution is 0.584. The average Bonchev–Trinajstić information content (AvgIpc) is 2.26. The van der Waals surface area contributed by atoms with Gasteiger partial charge in [-0.1, -0.05) is 0 Å². The molecule has 7 heteroatoms. The van der Waals surface area contributed by atoms with E-state index in [2.05, 4.69) is 9.97 Å². The molecule has 0 radical (unpaired) electrons. The highest BCUT2D eigenvalue weighted by atomic mass is 32.2. The summed E-state index contributed by atoms with van der Waals surface area (Å²) >= 11 is -0.124. The second-order valence-corrected chi connectivity index (χ2v) is 4.95. The van der Waals surface area contributed by atoms with Crippen molar-refractivity contribution >= 4 is 22.9 Å². The molecule has 0 spiro atoms. The lowest BCUT2D eigenvalue weighted by Gasteiger charge is -2.06. The van der Waals surface area contributed by atoms with Crippen LogP contribution in [-0.2, 0) is 11.2 Å². The van der Waals surface area contributed by atoms with Crippen LogP contribution in [0.2, 0.25) is 0 Å². The first kappa shape index (κ1) is 12.1. The van der Waals surface area contributed by atoms with Gasteiger partial charge in [0, 0.05) is 11.2 Å². The molecule has 0 aliphatic carbocycles. The minimum absolute atomic E-state index is 0.0284. The predicted molar refractivity (Wildman–Crippen MR) is 58.3 cm³/mol. The largest absolute Gasteiger partial charge is 0.609 e. The molecule has 1 aromatic heterocycles. The van der Waals surface area contributed by atoms with Crippen LogP contribution >= 0.6 is 11.8 Å². The van der Waals surface area contributed by atoms with Gasteiger partial charge in [0.15, 0.2) is 0 Å². The molecule has 0 fully saturated rings. The number of hydrogen-bond acceptors (Lipinski definition) is 5. The van der Waals surface area contributed by atoms with Crippen LogP contribution in [0.4, 0.5) is 0 Å². The molecule has 0 amide bonds. The number of nitrogens with zero attached hydrogens (tertiary/aromatic N) is 2. The Morgan fingerprint density at radius 1 is 1.73 bits per heavy atom. The standard InChI is InChI=1S/C8H9N3O2S2/c1-3-15(13)8-10-6(12)5(4-9)7(11-8)14-2/h3H2,1-2H3,(H,10,11,12). The molecule has 0 bridgehead atoms. The molecule has 1 unspecified atom stereocenters. The van der Waals surface area contributed by atoms with Gasteiger partial charge in [-0.05, 0) is 13.2 Å². The Bertz CT molecular complexity index is 452. The van der Waals surface area contributed by atoms with Gasteiger partial charge >= 0.3 is 5.16 Å². The van der Waals surface area contributed by atoms with Gasteiger partial charge in [0.05, 0.1) is 0 Å². The molecule has 1 atom stereocenters. The highest BCUT2D eigenvalue weighted by Crippen LogP contribution is 2.15. The maximum atomic E-state index is 11.4. The first-order valence-corrected chi connectivity index (χ1v) is 6.65. The van der Waals surface area contributed by atoms with E-state index < -0.39 is 16.7 Å². The normalized spacial score (nSPS) is 12.1. The lowest BCUT2D eigenvalue weighted by atomic mass is 10.4. The van der Waals surface area contributed by atoms with E-state index in [0.717, 1.165) is 0 Å². The Morgan fingerprint density at radius 2 is 2.40 bits per heavy atom. The van der Waals surface area contributed by atoms with Crippen molar-refractivity contribution in [1.29, 1.82) is 5.26 Å². The van der Waals surface area contributed by atoms with Crippen molar-refractivity contribution in [2.24, 2.45) is 0 Å². The molecule has 0 aromatic carbocycles. The average molecular weight is 243 g/mol. The zero-order valence-corrected chi connectivity index (χ0v) is 9.87. The van der Waals surface area contributed by atoms with Gasteiger partial charge in [-0.15, -0.1) is 11.8 Å². The number of H-pyrrole nitrogens is 1. The first-order valence-electron chi connectivity index (χ1n) is 4.10. The van der Waals surface area contributed by atoms with Gasteiger partial charge in [0.25, 0.3) is 5.56 Å². The van der Waals surface area contributed by atoms with Crippen molar-refractivity contribution in [2.45, 2.75) is 17.1 Å². The van der Waals surface area contributed by atoms with E-state index in [0.29, 0.717) is 10.8 Å². The molecule has 5 nitrogen and oxygen atoms in total. The third-order valence-corrected chi connectivity index (χ3v) is 3.48. The van der Waals surface area contributed by atoms with E-state index in [1.54, 1.807) is 19.2 Å². The van der Waals surface area contributed by atoms with Gasteiger partial charge in [-0.2, -0.15) is 10.2 Å². The number of aromatic amines is 1.